The molecule has 0 unspecified atom stereocenters. The molecule has 1 aromatic rings. The zero-order valence-corrected chi connectivity index (χ0v) is 6.53. The lowest BCUT2D eigenvalue weighted by molar-refractivity contribution is 0.105. The molecule has 0 amide bonds. The van der Waals surface area contributed by atoms with Crippen molar-refractivity contribution in [3.8, 4) is 11.8 Å². The Morgan fingerprint density at radius 2 is 2.25 bits per heavy atom. The fourth-order valence-electron chi connectivity index (χ4n) is 0.892. The summed E-state index contributed by atoms with van der Waals surface area (Å²) in [5, 5.41) is 17.5. The maximum absolute atomic E-state index is 10.9. The number of rotatable bonds is 1. The summed E-state index contributed by atoms with van der Waals surface area (Å²) in [7, 11) is 0. The fraction of sp³-hybridized carbons (Fsp3) is 0.111. The number of phenols is 1. The number of aromatic hydroxyl groups is 1. The van der Waals surface area contributed by atoms with E-state index in [-0.39, 0.29) is 11.3 Å². The lowest BCUT2D eigenvalue weighted by Crippen LogP contribution is -1.95. The van der Waals surface area contributed by atoms with Gasteiger partial charge >= 0.3 is 0 Å². The van der Waals surface area contributed by atoms with Crippen LogP contribution in [0.25, 0.3) is 0 Å². The van der Waals surface area contributed by atoms with E-state index in [1.54, 1.807) is 13.0 Å². The maximum Gasteiger partial charge on any atom is 0.265 e. The molecule has 0 radical (unpaired) electrons. The Morgan fingerprint density at radius 1 is 1.58 bits per heavy atom. The number of nitriles is 1. The lowest BCUT2D eigenvalue weighted by Gasteiger charge is -1.98. The second-order valence-electron chi connectivity index (χ2n) is 2.46. The number of ketones is 1. The fourth-order valence-corrected chi connectivity index (χ4v) is 0.892. The minimum Gasteiger partial charge on any atom is -0.507 e. The molecule has 0 saturated heterocycles. The van der Waals surface area contributed by atoms with Crippen LogP contribution in [0, 0.1) is 18.3 Å². The van der Waals surface area contributed by atoms with Crippen LogP contribution in [0.5, 0.6) is 5.75 Å². The Balaban J connectivity index is 3.25. The topological polar surface area (TPSA) is 61.1 Å². The Hall–Kier alpha value is -1.82. The second-order valence-corrected chi connectivity index (χ2v) is 2.46. The van der Waals surface area contributed by atoms with Gasteiger partial charge in [0.05, 0.1) is 5.56 Å². The molecule has 3 nitrogen and oxygen atoms in total. The van der Waals surface area contributed by atoms with E-state index >= 15 is 0 Å². The van der Waals surface area contributed by atoms with Crippen LogP contribution in [0.15, 0.2) is 18.2 Å². The summed E-state index contributed by atoms with van der Waals surface area (Å²) in [6, 6.07) is 6.01. The summed E-state index contributed by atoms with van der Waals surface area (Å²) in [5.41, 5.74) is 0.906. The van der Waals surface area contributed by atoms with Crippen molar-refractivity contribution in [2.45, 2.75) is 6.92 Å². The molecule has 1 rings (SSSR count). The number of carbonyl (C=O) groups excluding carboxylic acids is 1. The molecule has 0 aromatic heterocycles. The van der Waals surface area contributed by atoms with Crippen molar-refractivity contribution >= 4 is 5.78 Å². The average molecular weight is 161 g/mol. The van der Waals surface area contributed by atoms with Crippen LogP contribution in [0.3, 0.4) is 0 Å². The van der Waals surface area contributed by atoms with E-state index in [2.05, 4.69) is 0 Å². The third kappa shape index (κ3) is 1.43. The van der Waals surface area contributed by atoms with Gasteiger partial charge in [0.2, 0.25) is 0 Å². The first-order valence-electron chi connectivity index (χ1n) is 3.39. The second kappa shape index (κ2) is 3.05. The van der Waals surface area contributed by atoms with Gasteiger partial charge in [0, 0.05) is 0 Å². The molecule has 0 aliphatic rings. The minimum absolute atomic E-state index is 0.0671. The number of aryl methyl sites for hydroxylation is 1. The van der Waals surface area contributed by atoms with Gasteiger partial charge in [0.1, 0.15) is 11.8 Å². The van der Waals surface area contributed by atoms with Gasteiger partial charge in [0.25, 0.3) is 5.78 Å². The molecular formula is C9H7NO2. The minimum atomic E-state index is -0.712. The van der Waals surface area contributed by atoms with Crippen LogP contribution in [-0.2, 0) is 0 Å². The first kappa shape index (κ1) is 8.28. The molecule has 12 heavy (non-hydrogen) atoms. The van der Waals surface area contributed by atoms with E-state index in [4.69, 9.17) is 10.4 Å². The summed E-state index contributed by atoms with van der Waals surface area (Å²) < 4.78 is 0. The molecule has 0 bridgehead atoms. The van der Waals surface area contributed by atoms with Gasteiger partial charge in [-0.1, -0.05) is 11.6 Å². The Kier molecular flexibility index (Phi) is 2.11. The highest BCUT2D eigenvalue weighted by molar-refractivity contribution is 6.09. The lowest BCUT2D eigenvalue weighted by atomic mass is 10.1. The normalized spacial score (nSPS) is 9.00. The van der Waals surface area contributed by atoms with Crippen LogP contribution >= 0.6 is 0 Å². The number of hydrogen-bond acceptors (Lipinski definition) is 3. The Labute approximate surface area is 69.9 Å². The van der Waals surface area contributed by atoms with Crippen molar-refractivity contribution in [2.24, 2.45) is 0 Å². The highest BCUT2D eigenvalue weighted by atomic mass is 16.3. The summed E-state index contributed by atoms with van der Waals surface area (Å²) in [6.45, 7) is 1.79. The first-order chi connectivity index (χ1) is 5.65. The molecule has 0 heterocycles. The zero-order valence-electron chi connectivity index (χ0n) is 6.53. The maximum atomic E-state index is 10.9. The van der Waals surface area contributed by atoms with E-state index in [0.29, 0.717) is 0 Å². The molecule has 60 valence electrons. The molecule has 0 atom stereocenters. The van der Waals surface area contributed by atoms with Crippen molar-refractivity contribution in [3.63, 3.8) is 0 Å². The van der Waals surface area contributed by atoms with Crippen molar-refractivity contribution in [1.29, 1.82) is 5.26 Å². The molecule has 3 heteroatoms. The van der Waals surface area contributed by atoms with Gasteiger partial charge in [-0.2, -0.15) is 5.26 Å². The summed E-state index contributed by atoms with van der Waals surface area (Å²) in [4.78, 5) is 10.9. The van der Waals surface area contributed by atoms with Crippen LogP contribution < -0.4 is 0 Å². The summed E-state index contributed by atoms with van der Waals surface area (Å²) in [6.07, 6.45) is 0. The summed E-state index contributed by atoms with van der Waals surface area (Å²) >= 11 is 0. The number of phenolic OH excluding ortho intramolecular Hbond substituents is 1. The predicted octanol–water partition coefficient (Wildman–Crippen LogP) is 1.41. The van der Waals surface area contributed by atoms with E-state index in [9.17, 15) is 4.79 Å². The zero-order chi connectivity index (χ0) is 9.14. The van der Waals surface area contributed by atoms with Gasteiger partial charge in [-0.3, -0.25) is 4.79 Å². The number of benzene rings is 1. The van der Waals surface area contributed by atoms with Gasteiger partial charge in [0.15, 0.2) is 0 Å². The molecule has 1 N–H and O–H groups in total. The van der Waals surface area contributed by atoms with Gasteiger partial charge in [-0.05, 0) is 19.1 Å². The Bertz CT molecular complexity index is 363. The van der Waals surface area contributed by atoms with E-state index in [1.807, 2.05) is 0 Å². The molecule has 0 spiro atoms. The van der Waals surface area contributed by atoms with E-state index < -0.39 is 5.78 Å². The SMILES string of the molecule is Cc1ccc(O)c(C(=O)C#N)c1. The number of hydrogen-bond donors (Lipinski definition) is 1. The third-order valence-corrected chi connectivity index (χ3v) is 1.50. The number of Topliss-reactive ketones (excluding diaryl/α,β-unsaturated/α-hetero) is 1. The molecular weight excluding hydrogens is 154 g/mol. The molecule has 0 saturated carbocycles. The largest absolute Gasteiger partial charge is 0.507 e. The van der Waals surface area contributed by atoms with Crippen molar-refractivity contribution < 1.29 is 9.90 Å². The average Bonchev–Trinajstić information content (AvgIpc) is 2.08. The van der Waals surface area contributed by atoms with E-state index in [0.717, 1.165) is 5.56 Å². The Morgan fingerprint density at radius 3 is 2.83 bits per heavy atom. The van der Waals surface area contributed by atoms with Crippen LogP contribution in [0.4, 0.5) is 0 Å². The quantitative estimate of drug-likeness (QED) is 0.500. The van der Waals surface area contributed by atoms with Crippen molar-refractivity contribution in [3.05, 3.63) is 29.3 Å². The standard InChI is InChI=1S/C9H7NO2/c1-6-2-3-8(11)7(4-6)9(12)5-10/h2-4,11H,1H3. The summed E-state index contributed by atoms with van der Waals surface area (Å²) in [5.74, 6) is -0.858. The number of nitrogens with zero attached hydrogens (tertiary/aromatic N) is 1. The predicted molar refractivity (Wildman–Crippen MR) is 42.8 cm³/mol. The van der Waals surface area contributed by atoms with Crippen LogP contribution in [0.2, 0.25) is 0 Å². The monoisotopic (exact) mass is 161 g/mol. The third-order valence-electron chi connectivity index (χ3n) is 1.50. The van der Waals surface area contributed by atoms with Crippen molar-refractivity contribution in [1.82, 2.24) is 0 Å². The van der Waals surface area contributed by atoms with Crippen molar-refractivity contribution in [2.75, 3.05) is 0 Å². The van der Waals surface area contributed by atoms with Gasteiger partial charge < -0.3 is 5.11 Å². The van der Waals surface area contributed by atoms with E-state index in [1.165, 1.54) is 18.2 Å². The highest BCUT2D eigenvalue weighted by Crippen LogP contribution is 2.18. The van der Waals surface area contributed by atoms with Crippen LogP contribution in [-0.4, -0.2) is 10.9 Å². The molecule has 1 aromatic carbocycles. The highest BCUT2D eigenvalue weighted by Gasteiger charge is 2.09. The van der Waals surface area contributed by atoms with Crippen LogP contribution in [0.1, 0.15) is 15.9 Å². The van der Waals surface area contributed by atoms with Gasteiger partial charge in [-0.25, -0.2) is 0 Å². The molecule has 0 aliphatic heterocycles. The molecule has 0 fully saturated rings. The number of carbonyl (C=O) groups is 1. The van der Waals surface area contributed by atoms with Gasteiger partial charge in [-0.15, -0.1) is 0 Å². The molecule has 0 aliphatic carbocycles. The first-order valence-corrected chi connectivity index (χ1v) is 3.39. The smallest absolute Gasteiger partial charge is 0.265 e.